The van der Waals surface area contributed by atoms with Gasteiger partial charge in [0.2, 0.25) is 0 Å². The van der Waals surface area contributed by atoms with E-state index in [1.165, 1.54) is 0 Å². The Hall–Kier alpha value is -1.60. The molecule has 0 aliphatic carbocycles. The predicted molar refractivity (Wildman–Crippen MR) is 95.9 cm³/mol. The Labute approximate surface area is 138 Å². The molecule has 0 spiro atoms. The van der Waals surface area contributed by atoms with E-state index in [1.807, 2.05) is 30.3 Å². The van der Waals surface area contributed by atoms with Crippen LogP contribution in [0, 0.1) is 0 Å². The second-order valence-electron chi connectivity index (χ2n) is 4.50. The van der Waals surface area contributed by atoms with Crippen molar-refractivity contribution in [1.29, 1.82) is 0 Å². The number of fused-ring (bicyclic) bond motifs is 1. The minimum Gasteiger partial charge on any atom is -0.396 e. The van der Waals surface area contributed by atoms with E-state index in [0.717, 1.165) is 10.3 Å². The molecule has 1 heterocycles. The van der Waals surface area contributed by atoms with Gasteiger partial charge in [-0.2, -0.15) is 0 Å². The van der Waals surface area contributed by atoms with Crippen LogP contribution in [0.25, 0.3) is 10.9 Å². The van der Waals surface area contributed by atoms with Gasteiger partial charge in [-0.05, 0) is 12.1 Å². The third-order valence-corrected chi connectivity index (χ3v) is 5.22. The van der Waals surface area contributed by atoms with Crippen LogP contribution in [-0.4, -0.2) is 10.8 Å². The molecule has 0 radical (unpaired) electrons. The number of anilines is 1. The topological polar surface area (TPSA) is 56.0 Å². The SMILES string of the molecule is Nc1c(C(=O)c2ccccc2)ccc2c(SI)ccnc12. The first-order chi connectivity index (χ1) is 10.2. The molecule has 0 aliphatic rings. The fraction of sp³-hybridized carbons (Fsp3) is 0. The second-order valence-corrected chi connectivity index (χ2v) is 6.42. The van der Waals surface area contributed by atoms with Crippen LogP contribution in [0.4, 0.5) is 5.69 Å². The maximum atomic E-state index is 12.6. The number of carbonyl (C=O) groups is 1. The van der Waals surface area contributed by atoms with Crippen LogP contribution in [0.5, 0.6) is 0 Å². The van der Waals surface area contributed by atoms with Gasteiger partial charge in [0.05, 0.1) is 11.2 Å². The molecule has 104 valence electrons. The van der Waals surface area contributed by atoms with Crippen LogP contribution in [0.3, 0.4) is 0 Å². The molecule has 0 saturated heterocycles. The summed E-state index contributed by atoms with van der Waals surface area (Å²) in [7, 11) is 1.61. The molecule has 3 aromatic rings. The number of rotatable bonds is 3. The number of hydrogen-bond donors (Lipinski definition) is 1. The van der Waals surface area contributed by atoms with Crippen molar-refractivity contribution in [3.8, 4) is 0 Å². The van der Waals surface area contributed by atoms with Gasteiger partial charge >= 0.3 is 0 Å². The first kappa shape index (κ1) is 14.3. The molecule has 2 aromatic carbocycles. The number of aromatic nitrogens is 1. The number of halogens is 1. The lowest BCUT2D eigenvalue weighted by Crippen LogP contribution is -2.06. The zero-order chi connectivity index (χ0) is 14.8. The molecule has 1 aromatic heterocycles. The Morgan fingerprint density at radius 3 is 2.57 bits per heavy atom. The van der Waals surface area contributed by atoms with E-state index in [4.69, 9.17) is 5.73 Å². The Morgan fingerprint density at radius 2 is 1.86 bits per heavy atom. The van der Waals surface area contributed by atoms with Crippen LogP contribution in [0.1, 0.15) is 15.9 Å². The molecule has 0 saturated carbocycles. The molecule has 0 amide bonds. The Kier molecular flexibility index (Phi) is 4.12. The highest BCUT2D eigenvalue weighted by molar-refractivity contribution is 14.2. The highest BCUT2D eigenvalue weighted by atomic mass is 127. The third-order valence-electron chi connectivity index (χ3n) is 3.28. The number of nitrogens with two attached hydrogens (primary N) is 1. The largest absolute Gasteiger partial charge is 0.396 e. The lowest BCUT2D eigenvalue weighted by molar-refractivity contribution is 0.103. The number of hydrogen-bond acceptors (Lipinski definition) is 4. The quantitative estimate of drug-likeness (QED) is 0.396. The fourth-order valence-electron chi connectivity index (χ4n) is 2.23. The lowest BCUT2D eigenvalue weighted by atomic mass is 10.00. The summed E-state index contributed by atoms with van der Waals surface area (Å²) in [6.07, 6.45) is 1.72. The van der Waals surface area contributed by atoms with E-state index in [9.17, 15) is 4.79 Å². The molecule has 0 aliphatic heterocycles. The monoisotopic (exact) mass is 406 g/mol. The van der Waals surface area contributed by atoms with Gasteiger partial charge in [0, 0.05) is 48.8 Å². The minimum absolute atomic E-state index is 0.0793. The minimum atomic E-state index is -0.0793. The third kappa shape index (κ3) is 2.63. The van der Waals surface area contributed by atoms with Crippen molar-refractivity contribution in [1.82, 2.24) is 4.98 Å². The van der Waals surface area contributed by atoms with Crippen molar-refractivity contribution in [3.05, 3.63) is 65.9 Å². The molecule has 21 heavy (non-hydrogen) atoms. The van der Waals surface area contributed by atoms with E-state index in [1.54, 1.807) is 33.3 Å². The molecule has 3 nitrogen and oxygen atoms in total. The average molecular weight is 406 g/mol. The van der Waals surface area contributed by atoms with Crippen molar-refractivity contribution in [3.63, 3.8) is 0 Å². The second kappa shape index (κ2) is 6.03. The van der Waals surface area contributed by atoms with Crippen molar-refractivity contribution in [2.75, 3.05) is 5.73 Å². The number of ketones is 1. The van der Waals surface area contributed by atoms with Crippen molar-refractivity contribution < 1.29 is 4.79 Å². The summed E-state index contributed by atoms with van der Waals surface area (Å²) in [4.78, 5) is 18.0. The molecule has 0 atom stereocenters. The summed E-state index contributed by atoms with van der Waals surface area (Å²) >= 11 is 2.23. The number of nitrogen functional groups attached to an aromatic ring is 1. The van der Waals surface area contributed by atoms with Gasteiger partial charge in [0.1, 0.15) is 0 Å². The number of carbonyl (C=O) groups excluding carboxylic acids is 1. The Morgan fingerprint density at radius 1 is 1.10 bits per heavy atom. The summed E-state index contributed by atoms with van der Waals surface area (Å²) in [5, 5.41) is 0.971. The van der Waals surface area contributed by atoms with Gasteiger partial charge in [0.25, 0.3) is 0 Å². The average Bonchev–Trinajstić information content (AvgIpc) is 2.55. The number of pyridine rings is 1. The summed E-state index contributed by atoms with van der Waals surface area (Å²) in [6.45, 7) is 0. The normalized spacial score (nSPS) is 10.7. The fourth-order valence-corrected chi connectivity index (χ4v) is 3.74. The molecule has 0 unspecified atom stereocenters. The summed E-state index contributed by atoms with van der Waals surface area (Å²) in [5.41, 5.74) is 8.43. The van der Waals surface area contributed by atoms with Crippen LogP contribution in [-0.2, 0) is 0 Å². The molecule has 0 fully saturated rings. The van der Waals surface area contributed by atoms with Crippen LogP contribution in [0.2, 0.25) is 0 Å². The summed E-state index contributed by atoms with van der Waals surface area (Å²) in [6, 6.07) is 14.8. The molecule has 2 N–H and O–H groups in total. The summed E-state index contributed by atoms with van der Waals surface area (Å²) in [5.74, 6) is -0.0793. The van der Waals surface area contributed by atoms with E-state index < -0.39 is 0 Å². The smallest absolute Gasteiger partial charge is 0.195 e. The van der Waals surface area contributed by atoms with E-state index in [-0.39, 0.29) is 5.78 Å². The molecule has 5 heteroatoms. The van der Waals surface area contributed by atoms with Crippen molar-refractivity contribution in [2.24, 2.45) is 0 Å². The molecule has 3 rings (SSSR count). The summed E-state index contributed by atoms with van der Waals surface area (Å²) < 4.78 is 0. The number of nitrogens with zero attached hydrogens (tertiary/aromatic N) is 1. The molecular weight excluding hydrogens is 395 g/mol. The van der Waals surface area contributed by atoms with Gasteiger partial charge in [0.15, 0.2) is 5.78 Å². The highest BCUT2D eigenvalue weighted by Gasteiger charge is 2.15. The van der Waals surface area contributed by atoms with Gasteiger partial charge in [-0.3, -0.25) is 9.78 Å². The van der Waals surface area contributed by atoms with Gasteiger partial charge in [-0.25, -0.2) is 0 Å². The van der Waals surface area contributed by atoms with E-state index in [2.05, 4.69) is 26.2 Å². The first-order valence-electron chi connectivity index (χ1n) is 6.28. The van der Waals surface area contributed by atoms with Crippen molar-refractivity contribution in [2.45, 2.75) is 4.90 Å². The standard InChI is InChI=1S/C16H11IN2OS/c17-21-13-8-9-19-15-11(13)6-7-12(14(15)18)16(20)10-4-2-1-3-5-10/h1-9H,18H2. The molecular formula is C16H11IN2OS. The maximum absolute atomic E-state index is 12.6. The molecule has 0 bridgehead atoms. The van der Waals surface area contributed by atoms with Crippen LogP contribution in [0.15, 0.2) is 59.6 Å². The van der Waals surface area contributed by atoms with Gasteiger partial charge < -0.3 is 5.73 Å². The van der Waals surface area contributed by atoms with Gasteiger partial charge in [-0.15, -0.1) is 0 Å². The number of benzene rings is 2. The van der Waals surface area contributed by atoms with Gasteiger partial charge in [-0.1, -0.05) is 45.3 Å². The van der Waals surface area contributed by atoms with Crippen LogP contribution >= 0.6 is 30.1 Å². The zero-order valence-electron chi connectivity index (χ0n) is 10.9. The first-order valence-corrected chi connectivity index (χ1v) is 9.64. The Balaban J connectivity index is 2.17. The maximum Gasteiger partial charge on any atom is 0.195 e. The Bertz CT molecular complexity index is 821. The van der Waals surface area contributed by atoms with E-state index in [0.29, 0.717) is 22.3 Å². The van der Waals surface area contributed by atoms with Crippen LogP contribution < -0.4 is 5.73 Å². The zero-order valence-corrected chi connectivity index (χ0v) is 13.9. The van der Waals surface area contributed by atoms with Crippen molar-refractivity contribution >= 4 is 52.5 Å². The lowest BCUT2D eigenvalue weighted by Gasteiger charge is -2.09. The predicted octanol–water partition coefficient (Wildman–Crippen LogP) is 4.49. The van der Waals surface area contributed by atoms with E-state index >= 15 is 0 Å². The highest BCUT2D eigenvalue weighted by Crippen LogP contribution is 2.34.